The fraction of sp³-hybridized carbons (Fsp3) is 0.571. The van der Waals surface area contributed by atoms with Crippen molar-refractivity contribution in [1.29, 1.82) is 0 Å². The van der Waals surface area contributed by atoms with Gasteiger partial charge in [-0.05, 0) is 32.2 Å². The van der Waals surface area contributed by atoms with Crippen LogP contribution in [0, 0.1) is 0 Å². The molecule has 0 saturated carbocycles. The Morgan fingerprint density at radius 1 is 1.33 bits per heavy atom. The number of carboxylic acids is 1. The lowest BCUT2D eigenvalue weighted by atomic mass is 10.2. The maximum absolute atomic E-state index is 12.6. The highest BCUT2D eigenvalue weighted by Gasteiger charge is 2.42. The van der Waals surface area contributed by atoms with E-state index in [4.69, 9.17) is 4.74 Å². The van der Waals surface area contributed by atoms with E-state index in [1.54, 1.807) is 32.2 Å². The van der Waals surface area contributed by atoms with E-state index in [-0.39, 0.29) is 23.8 Å². The number of sulfonamides is 1. The maximum Gasteiger partial charge on any atom is 0.410 e. The van der Waals surface area contributed by atoms with Crippen molar-refractivity contribution >= 4 is 33.4 Å². The van der Waals surface area contributed by atoms with Gasteiger partial charge in [0.25, 0.3) is 10.0 Å². The number of carbonyl (C=O) groups excluding carboxylic acids is 1. The van der Waals surface area contributed by atoms with Crippen molar-refractivity contribution in [2.75, 3.05) is 19.6 Å². The average molecular weight is 376 g/mol. The van der Waals surface area contributed by atoms with Crippen LogP contribution in [0.25, 0.3) is 0 Å². The Balaban J connectivity index is 2.21. The summed E-state index contributed by atoms with van der Waals surface area (Å²) in [5, 5.41) is 11.0. The smallest absolute Gasteiger partial charge is 0.410 e. The van der Waals surface area contributed by atoms with Crippen LogP contribution >= 0.6 is 11.3 Å². The first-order valence-electron chi connectivity index (χ1n) is 7.28. The number of thiophene rings is 1. The van der Waals surface area contributed by atoms with Gasteiger partial charge in [-0.3, -0.25) is 4.79 Å². The van der Waals surface area contributed by atoms with Crippen molar-refractivity contribution < 1.29 is 27.9 Å². The van der Waals surface area contributed by atoms with Crippen LogP contribution in [-0.4, -0.2) is 66.1 Å². The SMILES string of the molecule is CC(C)(C)OC(=O)N1CCN(S(=O)(=O)c2cccs2)[C@@H](C(=O)O)C1. The van der Waals surface area contributed by atoms with Gasteiger partial charge >= 0.3 is 12.1 Å². The second-order valence-corrected chi connectivity index (χ2v) is 9.39. The van der Waals surface area contributed by atoms with Crippen LogP contribution in [0.2, 0.25) is 0 Å². The van der Waals surface area contributed by atoms with Crippen molar-refractivity contribution in [3.63, 3.8) is 0 Å². The molecule has 2 heterocycles. The Labute approximate surface area is 144 Å². The summed E-state index contributed by atoms with van der Waals surface area (Å²) in [4.78, 5) is 24.9. The monoisotopic (exact) mass is 376 g/mol. The number of carbonyl (C=O) groups is 2. The lowest BCUT2D eigenvalue weighted by molar-refractivity contribution is -0.143. The highest BCUT2D eigenvalue weighted by atomic mass is 32.2. The number of hydrogen-bond donors (Lipinski definition) is 1. The zero-order valence-electron chi connectivity index (χ0n) is 13.6. The molecule has 0 unspecified atom stereocenters. The fourth-order valence-electron chi connectivity index (χ4n) is 2.27. The molecule has 1 aromatic heterocycles. The molecule has 24 heavy (non-hydrogen) atoms. The summed E-state index contributed by atoms with van der Waals surface area (Å²) in [6, 6.07) is 1.67. The van der Waals surface area contributed by atoms with Crippen molar-refractivity contribution in [2.24, 2.45) is 0 Å². The Kier molecular flexibility index (Phi) is 5.21. The number of amides is 1. The number of piperazine rings is 1. The minimum absolute atomic E-state index is 0.0727. The van der Waals surface area contributed by atoms with Gasteiger partial charge in [0.2, 0.25) is 0 Å². The third-order valence-corrected chi connectivity index (χ3v) is 6.61. The molecule has 0 spiro atoms. The molecular formula is C14H20N2O6S2. The lowest BCUT2D eigenvalue weighted by Gasteiger charge is -2.38. The molecule has 0 radical (unpaired) electrons. The number of rotatable bonds is 3. The topological polar surface area (TPSA) is 104 Å². The predicted octanol–water partition coefficient (Wildman–Crippen LogP) is 1.44. The van der Waals surface area contributed by atoms with E-state index in [1.807, 2.05) is 0 Å². The average Bonchev–Trinajstić information content (AvgIpc) is 2.99. The first-order chi connectivity index (χ1) is 11.0. The van der Waals surface area contributed by atoms with Gasteiger partial charge in [0.1, 0.15) is 15.9 Å². The quantitative estimate of drug-likeness (QED) is 0.856. The molecule has 1 aliphatic rings. The Morgan fingerprint density at radius 2 is 2.00 bits per heavy atom. The van der Waals surface area contributed by atoms with Crippen molar-refractivity contribution in [3.8, 4) is 0 Å². The molecule has 1 aromatic rings. The summed E-state index contributed by atoms with van der Waals surface area (Å²) < 4.78 is 31.5. The zero-order chi connectivity index (χ0) is 18.1. The number of aliphatic carboxylic acids is 1. The van der Waals surface area contributed by atoms with E-state index >= 15 is 0 Å². The molecule has 0 aliphatic carbocycles. The van der Waals surface area contributed by atoms with E-state index < -0.39 is 33.7 Å². The number of hydrogen-bond acceptors (Lipinski definition) is 6. The van der Waals surface area contributed by atoms with Crippen LogP contribution < -0.4 is 0 Å². The summed E-state index contributed by atoms with van der Waals surface area (Å²) >= 11 is 1.02. The lowest BCUT2D eigenvalue weighted by Crippen LogP contribution is -2.59. The molecular weight excluding hydrogens is 356 g/mol. The molecule has 0 aromatic carbocycles. The molecule has 1 N–H and O–H groups in total. The van der Waals surface area contributed by atoms with E-state index in [0.717, 1.165) is 15.6 Å². The summed E-state index contributed by atoms with van der Waals surface area (Å²) in [6.07, 6.45) is -0.651. The second-order valence-electron chi connectivity index (χ2n) is 6.33. The van der Waals surface area contributed by atoms with Crippen LogP contribution in [0.3, 0.4) is 0 Å². The third-order valence-electron chi connectivity index (χ3n) is 3.33. The summed E-state index contributed by atoms with van der Waals surface area (Å²) in [7, 11) is -3.90. The predicted molar refractivity (Wildman–Crippen MR) is 87.4 cm³/mol. The summed E-state index contributed by atoms with van der Waals surface area (Å²) in [5.41, 5.74) is -0.712. The molecule has 1 fully saturated rings. The Bertz CT molecular complexity index is 708. The highest BCUT2D eigenvalue weighted by molar-refractivity contribution is 7.91. The van der Waals surface area contributed by atoms with Gasteiger partial charge in [0, 0.05) is 13.1 Å². The van der Waals surface area contributed by atoms with E-state index in [0.29, 0.717) is 0 Å². The maximum atomic E-state index is 12.6. The first-order valence-corrected chi connectivity index (χ1v) is 9.60. The molecule has 0 bridgehead atoms. The second kappa shape index (κ2) is 6.69. The van der Waals surface area contributed by atoms with Crippen LogP contribution in [0.4, 0.5) is 4.79 Å². The van der Waals surface area contributed by atoms with Gasteiger partial charge in [-0.15, -0.1) is 11.3 Å². The molecule has 1 saturated heterocycles. The largest absolute Gasteiger partial charge is 0.480 e. The van der Waals surface area contributed by atoms with Crippen LogP contribution in [0.5, 0.6) is 0 Å². The van der Waals surface area contributed by atoms with Crippen molar-refractivity contribution in [3.05, 3.63) is 17.5 Å². The van der Waals surface area contributed by atoms with Crippen LogP contribution in [0.15, 0.2) is 21.7 Å². The highest BCUT2D eigenvalue weighted by Crippen LogP contribution is 2.25. The molecule has 1 aliphatic heterocycles. The first kappa shape index (κ1) is 18.7. The zero-order valence-corrected chi connectivity index (χ0v) is 15.3. The number of carboxylic acid groups (broad SMARTS) is 1. The van der Waals surface area contributed by atoms with E-state index in [2.05, 4.69) is 0 Å². The van der Waals surface area contributed by atoms with Gasteiger partial charge in [-0.25, -0.2) is 13.2 Å². The summed E-state index contributed by atoms with van der Waals surface area (Å²) in [5.74, 6) is -1.30. The minimum Gasteiger partial charge on any atom is -0.480 e. The molecule has 8 nitrogen and oxygen atoms in total. The molecule has 1 amide bonds. The standard InChI is InChI=1S/C14H20N2O6S2/c1-14(2,3)22-13(19)15-6-7-16(10(9-15)12(17)18)24(20,21)11-5-4-8-23-11/h4-5,8,10H,6-7,9H2,1-3H3,(H,17,18)/t10-/m1/s1. The van der Waals surface area contributed by atoms with Gasteiger partial charge < -0.3 is 14.7 Å². The molecule has 10 heteroatoms. The van der Waals surface area contributed by atoms with Gasteiger partial charge in [0.05, 0.1) is 6.54 Å². The Hall–Kier alpha value is -1.65. The number of ether oxygens (including phenoxy) is 1. The van der Waals surface area contributed by atoms with Crippen molar-refractivity contribution in [1.82, 2.24) is 9.21 Å². The van der Waals surface area contributed by atoms with Gasteiger partial charge in [-0.2, -0.15) is 4.31 Å². The molecule has 2 rings (SSSR count). The van der Waals surface area contributed by atoms with Gasteiger partial charge in [-0.1, -0.05) is 6.07 Å². The molecule has 134 valence electrons. The molecule has 1 atom stereocenters. The van der Waals surface area contributed by atoms with Crippen molar-refractivity contribution in [2.45, 2.75) is 36.6 Å². The van der Waals surface area contributed by atoms with Crippen LogP contribution in [-0.2, 0) is 19.6 Å². The normalized spacial score (nSPS) is 20.0. The fourth-order valence-corrected chi connectivity index (χ4v) is 4.96. The van der Waals surface area contributed by atoms with Crippen LogP contribution in [0.1, 0.15) is 20.8 Å². The third kappa shape index (κ3) is 4.05. The number of nitrogens with zero attached hydrogens (tertiary/aromatic N) is 2. The van der Waals surface area contributed by atoms with Gasteiger partial charge in [0.15, 0.2) is 0 Å². The Morgan fingerprint density at radius 3 is 2.50 bits per heavy atom. The van der Waals surface area contributed by atoms with E-state index in [9.17, 15) is 23.1 Å². The minimum atomic E-state index is -3.90. The van der Waals surface area contributed by atoms with E-state index in [1.165, 1.54) is 11.0 Å². The summed E-state index contributed by atoms with van der Waals surface area (Å²) in [6.45, 7) is 4.83.